The molecule has 10 heteroatoms. The molecule has 0 radical (unpaired) electrons. The molecule has 5 rings (SSSR count). The minimum Gasteiger partial charge on any atom is -0.478 e. The van der Waals surface area contributed by atoms with Crippen LogP contribution in [0.15, 0.2) is 70.8 Å². The first-order chi connectivity index (χ1) is 19.1. The number of carboxylic acids is 2. The maximum atomic E-state index is 14.0. The van der Waals surface area contributed by atoms with Crippen LogP contribution in [0.3, 0.4) is 0 Å². The molecule has 41 heavy (non-hydrogen) atoms. The second-order valence-corrected chi connectivity index (χ2v) is 11.1. The Morgan fingerprint density at radius 2 is 1.71 bits per heavy atom. The summed E-state index contributed by atoms with van der Waals surface area (Å²) in [7, 11) is 0. The summed E-state index contributed by atoms with van der Waals surface area (Å²) < 4.78 is 55.3. The largest absolute Gasteiger partial charge is 0.478 e. The molecule has 0 atom stereocenters. The van der Waals surface area contributed by atoms with Crippen LogP contribution in [-0.2, 0) is 5.41 Å². The Kier molecular flexibility index (Phi) is 6.71. The second kappa shape index (κ2) is 9.71. The molecule has 3 aliphatic rings. The minimum absolute atomic E-state index is 0.113. The monoisotopic (exact) mass is 568 g/mol. The van der Waals surface area contributed by atoms with Crippen molar-refractivity contribution in [2.24, 2.45) is 4.99 Å². The van der Waals surface area contributed by atoms with Crippen molar-refractivity contribution in [1.82, 2.24) is 0 Å². The van der Waals surface area contributed by atoms with Crippen molar-refractivity contribution < 1.29 is 37.4 Å². The lowest BCUT2D eigenvalue weighted by molar-refractivity contribution is -0.0262. The summed E-state index contributed by atoms with van der Waals surface area (Å²) in [5.74, 6) is -8.26. The zero-order valence-electron chi connectivity index (χ0n) is 22.6. The summed E-state index contributed by atoms with van der Waals surface area (Å²) in [5, 5.41) is 19.7. The molecule has 0 saturated carbocycles. The molecule has 1 aliphatic heterocycles. The fourth-order valence-electron chi connectivity index (χ4n) is 5.49. The summed E-state index contributed by atoms with van der Waals surface area (Å²) in [6.07, 6.45) is 4.56. The number of aliphatic imine (C=N–C) groups is 1. The Balaban J connectivity index is 1.76. The zero-order valence-corrected chi connectivity index (χ0v) is 22.6. The van der Waals surface area contributed by atoms with E-state index in [1.165, 1.54) is 30.0 Å². The first kappa shape index (κ1) is 28.3. The van der Waals surface area contributed by atoms with E-state index in [2.05, 4.69) is 4.99 Å². The van der Waals surface area contributed by atoms with Gasteiger partial charge in [-0.3, -0.25) is 4.99 Å². The number of carbonyl (C=O) groups is 2. The lowest BCUT2D eigenvalue weighted by Gasteiger charge is -2.43. The van der Waals surface area contributed by atoms with Gasteiger partial charge in [0.2, 0.25) is 0 Å². The molecule has 1 fully saturated rings. The van der Waals surface area contributed by atoms with Gasteiger partial charge in [-0.1, -0.05) is 32.9 Å². The maximum Gasteiger partial charge on any atom is 0.336 e. The van der Waals surface area contributed by atoms with Gasteiger partial charge >= 0.3 is 11.9 Å². The first-order valence-corrected chi connectivity index (χ1v) is 13.1. The summed E-state index contributed by atoms with van der Waals surface area (Å²) in [6.45, 7) is 3.63. The molecule has 0 unspecified atom stereocenters. The predicted octanol–water partition coefficient (Wildman–Crippen LogP) is 6.61. The number of anilines is 1. The SMILES string of the molecule is CCC(F)(F)C/N=C1\C=CC2=C(c3cc(C(=O)O)ccc3C(=O)O)c3ccc(N4CC(F)(F)C4)cc3C(C)(C)C2=C1. The molecule has 2 aromatic rings. The van der Waals surface area contributed by atoms with E-state index in [1.54, 1.807) is 36.4 Å². The Bertz CT molecular complexity index is 1590. The number of fused-ring (bicyclic) bond motifs is 2. The highest BCUT2D eigenvalue weighted by molar-refractivity contribution is 6.10. The molecule has 0 amide bonds. The fraction of sp³-hybridized carbons (Fsp3) is 0.323. The van der Waals surface area contributed by atoms with E-state index in [9.17, 15) is 37.4 Å². The Morgan fingerprint density at radius 1 is 1.00 bits per heavy atom. The van der Waals surface area contributed by atoms with Gasteiger partial charge in [-0.25, -0.2) is 27.2 Å². The van der Waals surface area contributed by atoms with E-state index in [0.717, 1.165) is 0 Å². The van der Waals surface area contributed by atoms with Crippen molar-refractivity contribution in [2.75, 3.05) is 24.5 Å². The summed E-state index contributed by atoms with van der Waals surface area (Å²) in [5.41, 5.74) is 3.04. The first-order valence-electron chi connectivity index (χ1n) is 13.1. The van der Waals surface area contributed by atoms with Crippen LogP contribution in [0, 0.1) is 0 Å². The number of alkyl halides is 4. The van der Waals surface area contributed by atoms with Gasteiger partial charge in [-0.05, 0) is 75.9 Å². The van der Waals surface area contributed by atoms with Gasteiger partial charge in [0.05, 0.1) is 29.9 Å². The highest BCUT2D eigenvalue weighted by atomic mass is 19.3. The molecule has 0 aromatic heterocycles. The minimum atomic E-state index is -2.98. The Hall–Kier alpha value is -4.21. The van der Waals surface area contributed by atoms with Crippen LogP contribution in [0.2, 0.25) is 0 Å². The van der Waals surface area contributed by atoms with Crippen molar-refractivity contribution in [3.05, 3.63) is 93.6 Å². The molecule has 2 aliphatic carbocycles. The van der Waals surface area contributed by atoms with Gasteiger partial charge < -0.3 is 15.1 Å². The molecular weight excluding hydrogens is 540 g/mol. The molecule has 1 heterocycles. The summed E-state index contributed by atoms with van der Waals surface area (Å²) >= 11 is 0. The quantitative estimate of drug-likeness (QED) is 0.367. The highest BCUT2D eigenvalue weighted by Gasteiger charge is 2.45. The lowest BCUT2D eigenvalue weighted by Crippen LogP contribution is -2.56. The third-order valence-corrected chi connectivity index (χ3v) is 7.88. The molecule has 2 aromatic carbocycles. The topological polar surface area (TPSA) is 90.2 Å². The van der Waals surface area contributed by atoms with Crippen LogP contribution >= 0.6 is 0 Å². The summed E-state index contributed by atoms with van der Waals surface area (Å²) in [6, 6.07) is 8.96. The van der Waals surface area contributed by atoms with E-state index in [4.69, 9.17) is 0 Å². The molecule has 0 spiro atoms. The standard InChI is InChI=1S/C31H28F4N2O4/c1-4-30(32,33)14-36-18-6-9-21-24(12-18)29(2,3)25-13-19(37-15-31(34,35)16-37)7-10-22(25)26(21)23-11-17(27(38)39)5-8-20(23)28(40)41/h5-13H,4,14-16H2,1-3H3,(H,38,39)(H,40,41)/b36-18+. The Morgan fingerprint density at radius 3 is 2.32 bits per heavy atom. The van der Waals surface area contributed by atoms with E-state index in [0.29, 0.717) is 39.2 Å². The summed E-state index contributed by atoms with van der Waals surface area (Å²) in [4.78, 5) is 29.8. The number of rotatable bonds is 7. The van der Waals surface area contributed by atoms with Gasteiger partial charge in [-0.15, -0.1) is 0 Å². The fourth-order valence-corrected chi connectivity index (χ4v) is 5.49. The van der Waals surface area contributed by atoms with Gasteiger partial charge in [0.25, 0.3) is 11.8 Å². The third kappa shape index (κ3) is 5.07. The molecular formula is C31H28F4N2O4. The number of hydrogen-bond donors (Lipinski definition) is 2. The van der Waals surface area contributed by atoms with Crippen molar-refractivity contribution in [3.8, 4) is 0 Å². The lowest BCUT2D eigenvalue weighted by atomic mass is 9.64. The van der Waals surface area contributed by atoms with Crippen molar-refractivity contribution in [1.29, 1.82) is 0 Å². The van der Waals surface area contributed by atoms with Crippen molar-refractivity contribution in [2.45, 2.75) is 44.5 Å². The number of hydrogen-bond acceptors (Lipinski definition) is 4. The Labute approximate surface area is 234 Å². The van der Waals surface area contributed by atoms with E-state index in [1.807, 2.05) is 13.8 Å². The van der Waals surface area contributed by atoms with Crippen LogP contribution in [0.1, 0.15) is 64.6 Å². The van der Waals surface area contributed by atoms with Gasteiger partial charge in [0, 0.05) is 17.5 Å². The average molecular weight is 569 g/mol. The van der Waals surface area contributed by atoms with Crippen LogP contribution < -0.4 is 4.90 Å². The number of allylic oxidation sites excluding steroid dienone is 5. The molecule has 6 nitrogen and oxygen atoms in total. The number of carboxylic acid groups (broad SMARTS) is 2. The average Bonchev–Trinajstić information content (AvgIpc) is 2.90. The number of nitrogens with zero attached hydrogens (tertiary/aromatic N) is 2. The predicted molar refractivity (Wildman–Crippen MR) is 148 cm³/mol. The maximum absolute atomic E-state index is 14.0. The third-order valence-electron chi connectivity index (χ3n) is 7.88. The molecule has 2 N–H and O–H groups in total. The van der Waals surface area contributed by atoms with E-state index in [-0.39, 0.29) is 23.1 Å². The van der Waals surface area contributed by atoms with E-state index < -0.39 is 48.8 Å². The molecule has 214 valence electrons. The van der Waals surface area contributed by atoms with E-state index >= 15 is 0 Å². The zero-order chi connectivity index (χ0) is 29.9. The highest BCUT2D eigenvalue weighted by Crippen LogP contribution is 2.51. The number of halogens is 4. The van der Waals surface area contributed by atoms with Gasteiger partial charge in [0.1, 0.15) is 6.54 Å². The molecule has 1 saturated heterocycles. The second-order valence-electron chi connectivity index (χ2n) is 11.1. The normalized spacial score (nSPS) is 19.8. The van der Waals surface area contributed by atoms with Crippen LogP contribution in [0.5, 0.6) is 0 Å². The smallest absolute Gasteiger partial charge is 0.336 e. The van der Waals surface area contributed by atoms with Crippen LogP contribution in [-0.4, -0.2) is 59.3 Å². The molecule has 0 bridgehead atoms. The van der Waals surface area contributed by atoms with Gasteiger partial charge in [-0.2, -0.15) is 0 Å². The van der Waals surface area contributed by atoms with Crippen LogP contribution in [0.25, 0.3) is 5.57 Å². The van der Waals surface area contributed by atoms with Crippen molar-refractivity contribution >= 4 is 28.9 Å². The van der Waals surface area contributed by atoms with Crippen molar-refractivity contribution in [3.63, 3.8) is 0 Å². The number of benzene rings is 2. The van der Waals surface area contributed by atoms with Crippen LogP contribution in [0.4, 0.5) is 23.2 Å². The number of aromatic carboxylic acids is 2. The van der Waals surface area contributed by atoms with Gasteiger partial charge in [0.15, 0.2) is 0 Å².